The molecule has 10 heteroatoms. The lowest BCUT2D eigenvalue weighted by atomic mass is 10.1. The van der Waals surface area contributed by atoms with Gasteiger partial charge in [0.2, 0.25) is 0 Å². The van der Waals surface area contributed by atoms with Gasteiger partial charge in [-0.05, 0) is 31.2 Å². The van der Waals surface area contributed by atoms with Gasteiger partial charge in [0.05, 0.1) is 6.61 Å². The number of aromatic amines is 1. The number of aromatic nitrogens is 5. The Kier molecular flexibility index (Phi) is 4.53. The Labute approximate surface area is 145 Å². The maximum Gasteiger partial charge on any atom is 0.433 e. The van der Waals surface area contributed by atoms with Crippen molar-refractivity contribution in [2.45, 2.75) is 13.1 Å². The summed E-state index contributed by atoms with van der Waals surface area (Å²) in [5.41, 5.74) is -0.0111. The number of nitrogens with one attached hydrogen (secondary N) is 1. The van der Waals surface area contributed by atoms with Crippen molar-refractivity contribution in [2.24, 2.45) is 0 Å². The number of halogens is 3. The van der Waals surface area contributed by atoms with Gasteiger partial charge in [0.25, 0.3) is 0 Å². The standard InChI is InChI=1S/C16H11F3N6O/c1-2-26-11-6-9(14-12(8-20)23-25-24-14)5-10(7-11)15-21-4-3-13(22-15)16(17,18)19/h3-7H,2H2,1H3,(H,23,24,25). The minimum Gasteiger partial charge on any atom is -0.494 e. The first-order valence-corrected chi connectivity index (χ1v) is 7.42. The third kappa shape index (κ3) is 3.46. The van der Waals surface area contributed by atoms with Crippen molar-refractivity contribution < 1.29 is 17.9 Å². The van der Waals surface area contributed by atoms with Crippen molar-refractivity contribution in [1.29, 1.82) is 5.26 Å². The Morgan fingerprint density at radius 2 is 1.96 bits per heavy atom. The summed E-state index contributed by atoms with van der Waals surface area (Å²) in [6, 6.07) is 7.34. The Hall–Kier alpha value is -3.48. The molecule has 7 nitrogen and oxygen atoms in total. The molecule has 3 aromatic rings. The van der Waals surface area contributed by atoms with E-state index in [0.717, 1.165) is 12.3 Å². The number of rotatable bonds is 4. The molecule has 0 fully saturated rings. The van der Waals surface area contributed by atoms with Gasteiger partial charge in [-0.25, -0.2) is 9.97 Å². The van der Waals surface area contributed by atoms with E-state index in [1.807, 2.05) is 6.07 Å². The Morgan fingerprint density at radius 3 is 2.65 bits per heavy atom. The highest BCUT2D eigenvalue weighted by atomic mass is 19.4. The van der Waals surface area contributed by atoms with Crippen LogP contribution in [0.15, 0.2) is 30.5 Å². The molecule has 0 atom stereocenters. The molecule has 0 spiro atoms. The molecule has 0 saturated heterocycles. The highest BCUT2D eigenvalue weighted by molar-refractivity contribution is 5.72. The summed E-state index contributed by atoms with van der Waals surface area (Å²) in [6.07, 6.45) is -3.55. The Morgan fingerprint density at radius 1 is 1.19 bits per heavy atom. The van der Waals surface area contributed by atoms with Crippen LogP contribution < -0.4 is 4.74 Å². The van der Waals surface area contributed by atoms with Crippen molar-refractivity contribution in [3.05, 3.63) is 41.9 Å². The number of benzene rings is 1. The van der Waals surface area contributed by atoms with E-state index in [1.54, 1.807) is 13.0 Å². The first kappa shape index (κ1) is 17.3. The van der Waals surface area contributed by atoms with Crippen LogP contribution >= 0.6 is 0 Å². The van der Waals surface area contributed by atoms with E-state index < -0.39 is 11.9 Å². The molecule has 0 aliphatic rings. The SMILES string of the molecule is CCOc1cc(-c2nccc(C(F)(F)F)n2)cc(-c2n[nH]nc2C#N)c1. The van der Waals surface area contributed by atoms with Crippen LogP contribution in [0.2, 0.25) is 0 Å². The largest absolute Gasteiger partial charge is 0.494 e. The molecule has 0 aliphatic heterocycles. The molecule has 2 heterocycles. The van der Waals surface area contributed by atoms with Gasteiger partial charge in [0.15, 0.2) is 11.5 Å². The van der Waals surface area contributed by atoms with Crippen molar-refractivity contribution in [3.8, 4) is 34.5 Å². The molecule has 132 valence electrons. The van der Waals surface area contributed by atoms with Gasteiger partial charge in [0, 0.05) is 17.3 Å². The van der Waals surface area contributed by atoms with E-state index in [2.05, 4.69) is 25.4 Å². The number of ether oxygens (including phenoxy) is 1. The van der Waals surface area contributed by atoms with Crippen LogP contribution in [0.1, 0.15) is 18.3 Å². The third-order valence-corrected chi connectivity index (χ3v) is 3.35. The quantitative estimate of drug-likeness (QED) is 0.767. The van der Waals surface area contributed by atoms with Crippen molar-refractivity contribution in [2.75, 3.05) is 6.61 Å². The fourth-order valence-corrected chi connectivity index (χ4v) is 2.28. The van der Waals surface area contributed by atoms with Crippen molar-refractivity contribution in [3.63, 3.8) is 0 Å². The van der Waals surface area contributed by atoms with E-state index in [9.17, 15) is 13.2 Å². The van der Waals surface area contributed by atoms with Crippen LogP contribution in [0, 0.1) is 11.3 Å². The van der Waals surface area contributed by atoms with Crippen LogP contribution in [0.5, 0.6) is 5.75 Å². The van der Waals surface area contributed by atoms with Crippen LogP contribution in [0.4, 0.5) is 13.2 Å². The second-order valence-corrected chi connectivity index (χ2v) is 5.07. The molecule has 0 aliphatic carbocycles. The van der Waals surface area contributed by atoms with Gasteiger partial charge in [-0.1, -0.05) is 0 Å². The Bertz CT molecular complexity index is 977. The van der Waals surface area contributed by atoms with Crippen LogP contribution in [-0.2, 0) is 6.18 Å². The first-order chi connectivity index (χ1) is 12.4. The molecule has 26 heavy (non-hydrogen) atoms. The highest BCUT2D eigenvalue weighted by Gasteiger charge is 2.33. The predicted molar refractivity (Wildman–Crippen MR) is 83.7 cm³/mol. The lowest BCUT2D eigenvalue weighted by molar-refractivity contribution is -0.141. The number of nitriles is 1. The van der Waals surface area contributed by atoms with Crippen LogP contribution in [-0.4, -0.2) is 32.0 Å². The molecule has 0 amide bonds. The second kappa shape index (κ2) is 6.79. The second-order valence-electron chi connectivity index (χ2n) is 5.07. The summed E-state index contributed by atoms with van der Waals surface area (Å²) >= 11 is 0. The van der Waals surface area contributed by atoms with E-state index in [4.69, 9.17) is 10.00 Å². The maximum absolute atomic E-state index is 12.9. The molecule has 0 radical (unpaired) electrons. The summed E-state index contributed by atoms with van der Waals surface area (Å²) in [5, 5.41) is 19.1. The summed E-state index contributed by atoms with van der Waals surface area (Å²) < 4.78 is 44.2. The molecule has 1 aromatic carbocycles. The molecule has 0 unspecified atom stereocenters. The predicted octanol–water partition coefficient (Wildman–Crippen LogP) is 3.22. The van der Waals surface area contributed by atoms with E-state index in [-0.39, 0.29) is 17.2 Å². The average Bonchev–Trinajstić information content (AvgIpc) is 3.10. The van der Waals surface area contributed by atoms with E-state index in [0.29, 0.717) is 23.5 Å². The normalized spacial score (nSPS) is 11.2. The maximum atomic E-state index is 12.9. The molecule has 0 bridgehead atoms. The van der Waals surface area contributed by atoms with Gasteiger partial charge in [-0.2, -0.15) is 28.7 Å². The summed E-state index contributed by atoms with van der Waals surface area (Å²) in [7, 11) is 0. The third-order valence-electron chi connectivity index (χ3n) is 3.35. The topological polar surface area (TPSA) is 100 Å². The lowest BCUT2D eigenvalue weighted by Crippen LogP contribution is -2.09. The fourth-order valence-electron chi connectivity index (χ4n) is 2.28. The van der Waals surface area contributed by atoms with Crippen LogP contribution in [0.3, 0.4) is 0 Å². The van der Waals surface area contributed by atoms with Gasteiger partial charge in [-0.15, -0.1) is 5.10 Å². The summed E-state index contributed by atoms with van der Waals surface area (Å²) in [6.45, 7) is 2.11. The van der Waals surface area contributed by atoms with Gasteiger partial charge in [0.1, 0.15) is 23.2 Å². The number of hydrogen-bond acceptors (Lipinski definition) is 6. The zero-order chi connectivity index (χ0) is 18.7. The lowest BCUT2D eigenvalue weighted by Gasteiger charge is -2.10. The zero-order valence-electron chi connectivity index (χ0n) is 13.4. The minimum absolute atomic E-state index is 0.0505. The molecular weight excluding hydrogens is 349 g/mol. The van der Waals surface area contributed by atoms with Crippen molar-refractivity contribution in [1.82, 2.24) is 25.4 Å². The van der Waals surface area contributed by atoms with E-state index >= 15 is 0 Å². The van der Waals surface area contributed by atoms with Gasteiger partial charge >= 0.3 is 6.18 Å². The monoisotopic (exact) mass is 360 g/mol. The molecule has 0 saturated carbocycles. The zero-order valence-corrected chi connectivity index (χ0v) is 13.4. The molecule has 2 aromatic heterocycles. The number of alkyl halides is 3. The van der Waals surface area contributed by atoms with Gasteiger partial charge in [-0.3, -0.25) is 0 Å². The van der Waals surface area contributed by atoms with Gasteiger partial charge < -0.3 is 4.74 Å². The fraction of sp³-hybridized carbons (Fsp3) is 0.188. The summed E-state index contributed by atoms with van der Waals surface area (Å²) in [4.78, 5) is 7.49. The van der Waals surface area contributed by atoms with Crippen molar-refractivity contribution >= 4 is 0 Å². The molecule has 1 N–H and O–H groups in total. The Balaban J connectivity index is 2.15. The minimum atomic E-state index is -4.59. The number of nitrogens with zero attached hydrogens (tertiary/aromatic N) is 5. The smallest absolute Gasteiger partial charge is 0.433 e. The highest BCUT2D eigenvalue weighted by Crippen LogP contribution is 2.32. The first-order valence-electron chi connectivity index (χ1n) is 7.42. The molecule has 3 rings (SSSR count). The van der Waals surface area contributed by atoms with E-state index in [1.165, 1.54) is 12.1 Å². The number of hydrogen-bond donors (Lipinski definition) is 1. The summed E-state index contributed by atoms with van der Waals surface area (Å²) in [5.74, 6) is 0.262. The number of H-pyrrole nitrogens is 1. The van der Waals surface area contributed by atoms with Crippen LogP contribution in [0.25, 0.3) is 22.6 Å². The average molecular weight is 360 g/mol. The molecular formula is C16H11F3N6O.